The molecule has 0 aliphatic carbocycles. The molecule has 0 heterocycles. The summed E-state index contributed by atoms with van der Waals surface area (Å²) in [7, 11) is 0. The first-order chi connectivity index (χ1) is 8.06. The first kappa shape index (κ1) is 12.8. The molecule has 0 amide bonds. The fourth-order valence-corrected chi connectivity index (χ4v) is 2.42. The molecule has 88 valence electrons. The van der Waals surface area contributed by atoms with Crippen molar-refractivity contribution in [3.8, 4) is 11.5 Å². The van der Waals surface area contributed by atoms with Crippen LogP contribution in [0.15, 0.2) is 36.4 Å². The Morgan fingerprint density at radius 1 is 1.06 bits per heavy atom. The summed E-state index contributed by atoms with van der Waals surface area (Å²) in [6, 6.07) is 10.8. The van der Waals surface area contributed by atoms with Gasteiger partial charge in [0.25, 0.3) is 0 Å². The molecule has 2 aromatic rings. The smallest absolute Gasteiger partial charge is 0.164 e. The Morgan fingerprint density at radius 2 is 1.71 bits per heavy atom. The van der Waals surface area contributed by atoms with Gasteiger partial charge in [0.05, 0.1) is 10.0 Å². The van der Waals surface area contributed by atoms with E-state index in [1.54, 1.807) is 12.1 Å². The highest BCUT2D eigenvalue weighted by Gasteiger charge is 2.10. The van der Waals surface area contributed by atoms with Crippen LogP contribution >= 0.6 is 45.8 Å². The van der Waals surface area contributed by atoms with Crippen LogP contribution in [0.5, 0.6) is 11.5 Å². The Kier molecular flexibility index (Phi) is 4.01. The molecule has 0 bridgehead atoms. The minimum atomic E-state index is 0.397. The average molecular weight is 380 g/mol. The van der Waals surface area contributed by atoms with Gasteiger partial charge in [-0.25, -0.2) is 0 Å². The van der Waals surface area contributed by atoms with Gasteiger partial charge in [0.2, 0.25) is 0 Å². The van der Waals surface area contributed by atoms with Crippen molar-refractivity contribution >= 4 is 51.5 Å². The summed E-state index contributed by atoms with van der Waals surface area (Å²) in [5.41, 5.74) is 6.13. The zero-order valence-corrected chi connectivity index (χ0v) is 12.3. The molecule has 0 unspecified atom stereocenters. The Balaban J connectivity index is 2.36. The summed E-state index contributed by atoms with van der Waals surface area (Å²) in [4.78, 5) is 0. The quantitative estimate of drug-likeness (QED) is 0.590. The summed E-state index contributed by atoms with van der Waals surface area (Å²) in [6.45, 7) is 0. The van der Waals surface area contributed by atoms with Gasteiger partial charge in [-0.05, 0) is 52.9 Å². The van der Waals surface area contributed by atoms with E-state index in [9.17, 15) is 0 Å². The fraction of sp³-hybridized carbons (Fsp3) is 0. The highest BCUT2D eigenvalue weighted by atomic mass is 127. The normalized spacial score (nSPS) is 10.3. The van der Waals surface area contributed by atoms with Crippen LogP contribution < -0.4 is 10.5 Å². The molecule has 5 heteroatoms. The van der Waals surface area contributed by atoms with Crippen molar-refractivity contribution in [2.24, 2.45) is 0 Å². The van der Waals surface area contributed by atoms with E-state index in [0.717, 1.165) is 3.57 Å². The van der Waals surface area contributed by atoms with Crippen molar-refractivity contribution in [2.45, 2.75) is 0 Å². The first-order valence-electron chi connectivity index (χ1n) is 4.74. The number of hydrogen-bond donors (Lipinski definition) is 1. The van der Waals surface area contributed by atoms with Crippen molar-refractivity contribution < 1.29 is 4.74 Å². The van der Waals surface area contributed by atoms with Crippen LogP contribution in [-0.2, 0) is 0 Å². The van der Waals surface area contributed by atoms with E-state index in [1.807, 2.05) is 24.3 Å². The molecule has 0 aromatic heterocycles. The molecule has 0 aliphatic heterocycles. The molecule has 0 spiro atoms. The number of ether oxygens (including phenoxy) is 1. The number of rotatable bonds is 2. The van der Waals surface area contributed by atoms with Crippen LogP contribution in [0.3, 0.4) is 0 Å². The second kappa shape index (κ2) is 5.33. The van der Waals surface area contributed by atoms with Gasteiger partial charge in [0, 0.05) is 9.26 Å². The molecule has 17 heavy (non-hydrogen) atoms. The third kappa shape index (κ3) is 3.18. The van der Waals surface area contributed by atoms with Crippen LogP contribution in [0.2, 0.25) is 10.0 Å². The first-order valence-corrected chi connectivity index (χ1v) is 6.57. The monoisotopic (exact) mass is 379 g/mol. The predicted molar refractivity (Wildman–Crippen MR) is 80.1 cm³/mol. The number of anilines is 1. The largest absolute Gasteiger partial charge is 0.454 e. The topological polar surface area (TPSA) is 35.2 Å². The summed E-state index contributed by atoms with van der Waals surface area (Å²) >= 11 is 14.3. The molecule has 2 nitrogen and oxygen atoms in total. The van der Waals surface area contributed by atoms with Crippen LogP contribution in [-0.4, -0.2) is 0 Å². The SMILES string of the molecule is Nc1cc(Cl)c(Oc2cccc(I)c2)c(Cl)c1. The lowest BCUT2D eigenvalue weighted by Crippen LogP contribution is -1.90. The molecule has 0 atom stereocenters. The van der Waals surface area contributed by atoms with Gasteiger partial charge in [0.1, 0.15) is 5.75 Å². The van der Waals surface area contributed by atoms with Crippen molar-refractivity contribution in [1.29, 1.82) is 0 Å². The molecule has 0 saturated heterocycles. The second-order valence-electron chi connectivity index (χ2n) is 3.37. The van der Waals surface area contributed by atoms with Gasteiger partial charge in [-0.15, -0.1) is 0 Å². The zero-order valence-electron chi connectivity index (χ0n) is 8.58. The molecule has 2 aromatic carbocycles. The number of halogens is 3. The second-order valence-corrected chi connectivity index (χ2v) is 5.43. The molecular weight excluding hydrogens is 372 g/mol. The molecule has 0 aliphatic rings. The number of hydrogen-bond acceptors (Lipinski definition) is 2. The molecule has 0 saturated carbocycles. The molecule has 0 fully saturated rings. The Hall–Kier alpha value is -0.650. The Labute approximate surface area is 123 Å². The summed E-state index contributed by atoms with van der Waals surface area (Å²) in [5, 5.41) is 0.794. The number of nitrogen functional groups attached to an aromatic ring is 1. The maximum atomic E-state index is 6.03. The predicted octanol–water partition coefficient (Wildman–Crippen LogP) is 4.97. The van der Waals surface area contributed by atoms with E-state index < -0.39 is 0 Å². The third-order valence-corrected chi connectivity index (χ3v) is 3.27. The van der Waals surface area contributed by atoms with Gasteiger partial charge >= 0.3 is 0 Å². The fourth-order valence-electron chi connectivity index (χ4n) is 1.33. The zero-order chi connectivity index (χ0) is 12.4. The lowest BCUT2D eigenvalue weighted by molar-refractivity contribution is 0.483. The molecule has 0 radical (unpaired) electrons. The minimum Gasteiger partial charge on any atom is -0.454 e. The average Bonchev–Trinajstić information content (AvgIpc) is 2.23. The van der Waals surface area contributed by atoms with E-state index in [1.165, 1.54) is 0 Å². The molecule has 2 N–H and O–H groups in total. The van der Waals surface area contributed by atoms with Crippen molar-refractivity contribution in [1.82, 2.24) is 0 Å². The van der Waals surface area contributed by atoms with E-state index in [4.69, 9.17) is 33.7 Å². The van der Waals surface area contributed by atoms with E-state index in [-0.39, 0.29) is 0 Å². The van der Waals surface area contributed by atoms with Gasteiger partial charge in [-0.1, -0.05) is 29.3 Å². The number of benzene rings is 2. The standard InChI is InChI=1S/C12H8Cl2INO/c13-10-5-8(16)6-11(14)12(10)17-9-3-1-2-7(15)4-9/h1-6H,16H2. The number of nitrogens with two attached hydrogens (primary N) is 1. The Bertz CT molecular complexity index is 537. The van der Waals surface area contributed by atoms with Gasteiger partial charge in [0.15, 0.2) is 5.75 Å². The van der Waals surface area contributed by atoms with E-state index in [2.05, 4.69) is 22.6 Å². The van der Waals surface area contributed by atoms with Crippen molar-refractivity contribution in [2.75, 3.05) is 5.73 Å². The molecular formula is C12H8Cl2INO. The van der Waals surface area contributed by atoms with Crippen molar-refractivity contribution in [3.63, 3.8) is 0 Å². The van der Waals surface area contributed by atoms with Crippen LogP contribution in [0.1, 0.15) is 0 Å². The lowest BCUT2D eigenvalue weighted by atomic mass is 10.3. The van der Waals surface area contributed by atoms with Crippen LogP contribution in [0, 0.1) is 3.57 Å². The van der Waals surface area contributed by atoms with E-state index in [0.29, 0.717) is 27.2 Å². The van der Waals surface area contributed by atoms with Crippen LogP contribution in [0.25, 0.3) is 0 Å². The highest BCUT2D eigenvalue weighted by molar-refractivity contribution is 14.1. The maximum absolute atomic E-state index is 6.03. The Morgan fingerprint density at radius 3 is 2.29 bits per heavy atom. The maximum Gasteiger partial charge on any atom is 0.164 e. The van der Waals surface area contributed by atoms with Gasteiger partial charge < -0.3 is 10.5 Å². The molecule has 2 rings (SSSR count). The summed E-state index contributed by atoms with van der Waals surface area (Å²) < 4.78 is 6.72. The lowest BCUT2D eigenvalue weighted by Gasteiger charge is -2.10. The van der Waals surface area contributed by atoms with Gasteiger partial charge in [-0.2, -0.15) is 0 Å². The van der Waals surface area contributed by atoms with Gasteiger partial charge in [-0.3, -0.25) is 0 Å². The summed E-state index contributed by atoms with van der Waals surface area (Å²) in [6.07, 6.45) is 0. The minimum absolute atomic E-state index is 0.397. The van der Waals surface area contributed by atoms with Crippen LogP contribution in [0.4, 0.5) is 5.69 Å². The highest BCUT2D eigenvalue weighted by Crippen LogP contribution is 2.38. The van der Waals surface area contributed by atoms with E-state index >= 15 is 0 Å². The summed E-state index contributed by atoms with van der Waals surface area (Å²) in [5.74, 6) is 1.11. The third-order valence-electron chi connectivity index (χ3n) is 2.04. The van der Waals surface area contributed by atoms with Crippen molar-refractivity contribution in [3.05, 3.63) is 50.0 Å².